The molecular weight excluding hydrogens is 191 g/mol. The van der Waals surface area contributed by atoms with Crippen molar-refractivity contribution in [2.45, 2.75) is 12.8 Å². The maximum absolute atomic E-state index is 13.0. The van der Waals surface area contributed by atoms with Gasteiger partial charge in [0.1, 0.15) is 5.82 Å². The predicted octanol–water partition coefficient (Wildman–Crippen LogP) is 2.30. The molecule has 1 aromatic rings. The maximum atomic E-state index is 13.0. The lowest BCUT2D eigenvalue weighted by Crippen LogP contribution is -2.19. The Morgan fingerprint density at radius 1 is 1.47 bits per heavy atom. The molecule has 0 amide bonds. The van der Waals surface area contributed by atoms with Gasteiger partial charge in [-0.1, -0.05) is 12.1 Å². The van der Waals surface area contributed by atoms with Crippen molar-refractivity contribution in [2.24, 2.45) is 0 Å². The van der Waals surface area contributed by atoms with E-state index < -0.39 is 0 Å². The van der Waals surface area contributed by atoms with Crippen LogP contribution in [0.4, 0.5) is 4.39 Å². The molecule has 0 aromatic heterocycles. The highest BCUT2D eigenvalue weighted by atomic mass is 19.1. The highest BCUT2D eigenvalue weighted by Gasteiger charge is 2.12. The van der Waals surface area contributed by atoms with Crippen molar-refractivity contribution in [3.63, 3.8) is 0 Å². The summed E-state index contributed by atoms with van der Waals surface area (Å²) >= 11 is 0. The third-order valence-corrected chi connectivity index (χ3v) is 2.29. The number of benzene rings is 1. The predicted molar refractivity (Wildman–Crippen MR) is 58.0 cm³/mol. The zero-order valence-electron chi connectivity index (χ0n) is 9.29. The van der Waals surface area contributed by atoms with Gasteiger partial charge in [-0.05, 0) is 38.2 Å². The molecule has 3 heteroatoms. The van der Waals surface area contributed by atoms with E-state index in [1.807, 2.05) is 19.0 Å². The molecule has 0 spiro atoms. The largest absolute Gasteiger partial charge is 0.308 e. The monoisotopic (exact) mass is 206 g/mol. The van der Waals surface area contributed by atoms with E-state index in [9.17, 15) is 4.39 Å². The van der Waals surface area contributed by atoms with Gasteiger partial charge in [0.2, 0.25) is 0 Å². The van der Waals surface area contributed by atoms with Crippen molar-refractivity contribution in [3.8, 4) is 6.07 Å². The second kappa shape index (κ2) is 4.90. The number of hydrogen-bond donors (Lipinski definition) is 0. The number of rotatable bonds is 3. The summed E-state index contributed by atoms with van der Waals surface area (Å²) in [4.78, 5) is 1.95. The molecule has 1 aromatic carbocycles. The molecule has 0 heterocycles. The smallest absolute Gasteiger partial charge is 0.126 e. The zero-order chi connectivity index (χ0) is 11.4. The van der Waals surface area contributed by atoms with Gasteiger partial charge in [0.05, 0.1) is 12.0 Å². The lowest BCUT2D eigenvalue weighted by atomic mass is 9.98. The van der Waals surface area contributed by atoms with E-state index in [0.717, 1.165) is 5.56 Å². The summed E-state index contributed by atoms with van der Waals surface area (Å²) in [5, 5.41) is 9.02. The fourth-order valence-electron chi connectivity index (χ4n) is 1.47. The molecular formula is C12H15FN2. The minimum atomic E-state index is -0.222. The van der Waals surface area contributed by atoms with Gasteiger partial charge in [-0.2, -0.15) is 5.26 Å². The Kier molecular flexibility index (Phi) is 3.81. The van der Waals surface area contributed by atoms with Crippen molar-refractivity contribution >= 4 is 0 Å². The number of nitrogens with zero attached hydrogens (tertiary/aromatic N) is 2. The van der Waals surface area contributed by atoms with Gasteiger partial charge >= 0.3 is 0 Å². The molecule has 0 aliphatic rings. The average molecular weight is 206 g/mol. The Bertz CT molecular complexity index is 380. The lowest BCUT2D eigenvalue weighted by molar-refractivity contribution is 0.398. The van der Waals surface area contributed by atoms with Gasteiger partial charge in [0.15, 0.2) is 0 Å². The second-order valence-electron chi connectivity index (χ2n) is 3.95. The Labute approximate surface area is 89.9 Å². The van der Waals surface area contributed by atoms with E-state index in [1.165, 1.54) is 6.07 Å². The van der Waals surface area contributed by atoms with Crippen molar-refractivity contribution in [1.82, 2.24) is 4.90 Å². The van der Waals surface area contributed by atoms with E-state index in [2.05, 4.69) is 6.07 Å². The number of likely N-dealkylation sites (N-methyl/N-ethyl adjacent to an activating group) is 1. The molecule has 0 saturated carbocycles. The zero-order valence-corrected chi connectivity index (χ0v) is 9.29. The summed E-state index contributed by atoms with van der Waals surface area (Å²) in [6.07, 6.45) is 0. The first-order valence-corrected chi connectivity index (χ1v) is 4.85. The van der Waals surface area contributed by atoms with Crippen LogP contribution in [0.15, 0.2) is 18.2 Å². The van der Waals surface area contributed by atoms with E-state index in [0.29, 0.717) is 12.1 Å². The molecule has 0 N–H and O–H groups in total. The van der Waals surface area contributed by atoms with Crippen LogP contribution in [0.5, 0.6) is 0 Å². The van der Waals surface area contributed by atoms with Gasteiger partial charge in [-0.15, -0.1) is 0 Å². The summed E-state index contributed by atoms with van der Waals surface area (Å²) in [6.45, 7) is 2.37. The van der Waals surface area contributed by atoms with Crippen LogP contribution in [0.3, 0.4) is 0 Å². The third kappa shape index (κ3) is 3.03. The van der Waals surface area contributed by atoms with E-state index in [1.54, 1.807) is 19.1 Å². The van der Waals surface area contributed by atoms with Gasteiger partial charge < -0.3 is 4.90 Å². The van der Waals surface area contributed by atoms with Crippen LogP contribution in [0.25, 0.3) is 0 Å². The molecule has 0 aliphatic heterocycles. The van der Waals surface area contributed by atoms with E-state index in [-0.39, 0.29) is 11.7 Å². The normalized spacial score (nSPS) is 12.5. The van der Waals surface area contributed by atoms with E-state index >= 15 is 0 Å². The van der Waals surface area contributed by atoms with Crippen molar-refractivity contribution in [1.29, 1.82) is 5.26 Å². The summed E-state index contributed by atoms with van der Waals surface area (Å²) in [5.74, 6) is -0.417. The molecule has 80 valence electrons. The summed E-state index contributed by atoms with van der Waals surface area (Å²) in [7, 11) is 3.83. The Morgan fingerprint density at radius 2 is 2.13 bits per heavy atom. The SMILES string of the molecule is Cc1cc(C(C#N)CN(C)C)ccc1F. The molecule has 0 aliphatic carbocycles. The number of hydrogen-bond acceptors (Lipinski definition) is 2. The van der Waals surface area contributed by atoms with Crippen LogP contribution in [-0.4, -0.2) is 25.5 Å². The highest BCUT2D eigenvalue weighted by Crippen LogP contribution is 2.18. The molecule has 2 nitrogen and oxygen atoms in total. The first-order valence-electron chi connectivity index (χ1n) is 4.85. The summed E-state index contributed by atoms with van der Waals surface area (Å²) in [5.41, 5.74) is 1.47. The number of nitriles is 1. The molecule has 0 saturated heterocycles. The van der Waals surface area contributed by atoms with Gasteiger partial charge in [-0.3, -0.25) is 0 Å². The van der Waals surface area contributed by atoms with Crippen molar-refractivity contribution in [2.75, 3.05) is 20.6 Å². The highest BCUT2D eigenvalue weighted by molar-refractivity contribution is 5.30. The lowest BCUT2D eigenvalue weighted by Gasteiger charge is -2.15. The van der Waals surface area contributed by atoms with Crippen LogP contribution in [0, 0.1) is 24.1 Å². The quantitative estimate of drug-likeness (QED) is 0.758. The standard InChI is InChI=1S/C12H15FN2/c1-9-6-10(4-5-12(9)13)11(7-14)8-15(2)3/h4-6,11H,8H2,1-3H3. The molecule has 0 radical (unpaired) electrons. The van der Waals surface area contributed by atoms with Gasteiger partial charge in [-0.25, -0.2) is 4.39 Å². The van der Waals surface area contributed by atoms with Crippen LogP contribution in [0.2, 0.25) is 0 Å². The first kappa shape index (κ1) is 11.7. The fraction of sp³-hybridized carbons (Fsp3) is 0.417. The summed E-state index contributed by atoms with van der Waals surface area (Å²) in [6, 6.07) is 7.08. The van der Waals surface area contributed by atoms with Crippen LogP contribution in [0.1, 0.15) is 17.0 Å². The molecule has 1 unspecified atom stereocenters. The Balaban J connectivity index is 2.94. The molecule has 1 rings (SSSR count). The van der Waals surface area contributed by atoms with Crippen LogP contribution in [-0.2, 0) is 0 Å². The number of aryl methyl sites for hydroxylation is 1. The minimum Gasteiger partial charge on any atom is -0.308 e. The van der Waals surface area contributed by atoms with Crippen molar-refractivity contribution in [3.05, 3.63) is 35.1 Å². The average Bonchev–Trinajstić information content (AvgIpc) is 2.18. The molecule has 1 atom stereocenters. The number of halogens is 1. The Morgan fingerprint density at radius 3 is 2.60 bits per heavy atom. The molecule has 0 bridgehead atoms. The van der Waals surface area contributed by atoms with Crippen LogP contribution >= 0.6 is 0 Å². The van der Waals surface area contributed by atoms with E-state index in [4.69, 9.17) is 5.26 Å². The first-order chi connectivity index (χ1) is 7.04. The summed E-state index contributed by atoms with van der Waals surface area (Å²) < 4.78 is 13.0. The molecule has 0 fully saturated rings. The van der Waals surface area contributed by atoms with Gasteiger partial charge in [0.25, 0.3) is 0 Å². The van der Waals surface area contributed by atoms with Crippen LogP contribution < -0.4 is 0 Å². The second-order valence-corrected chi connectivity index (χ2v) is 3.95. The fourth-order valence-corrected chi connectivity index (χ4v) is 1.47. The topological polar surface area (TPSA) is 27.0 Å². The maximum Gasteiger partial charge on any atom is 0.126 e. The third-order valence-electron chi connectivity index (χ3n) is 2.29. The van der Waals surface area contributed by atoms with Crippen molar-refractivity contribution < 1.29 is 4.39 Å². The van der Waals surface area contributed by atoms with Gasteiger partial charge in [0, 0.05) is 6.54 Å². The Hall–Kier alpha value is -1.40. The molecule has 15 heavy (non-hydrogen) atoms. The minimum absolute atomic E-state index is 0.195.